The van der Waals surface area contributed by atoms with Crippen LogP contribution < -0.4 is 19.6 Å². The summed E-state index contributed by atoms with van der Waals surface area (Å²) < 4.78 is 25.4. The molecule has 0 fully saturated rings. The van der Waals surface area contributed by atoms with E-state index in [1.54, 1.807) is 19.2 Å². The van der Waals surface area contributed by atoms with Crippen molar-refractivity contribution in [3.05, 3.63) is 56.8 Å². The van der Waals surface area contributed by atoms with Crippen molar-refractivity contribution in [3.63, 3.8) is 0 Å². The number of nitrogens with zero attached hydrogens (tertiary/aromatic N) is 2. The van der Waals surface area contributed by atoms with Gasteiger partial charge >= 0.3 is 0 Å². The molecule has 0 amide bonds. The molecular weight excluding hydrogens is 701 g/mol. The van der Waals surface area contributed by atoms with Gasteiger partial charge in [0.1, 0.15) is 28.1 Å². The van der Waals surface area contributed by atoms with Gasteiger partial charge in [-0.05, 0) is 131 Å². The van der Waals surface area contributed by atoms with Crippen LogP contribution in [0.4, 0.5) is 0 Å². The Labute approximate surface area is 339 Å². The number of unbranched alkanes of at least 4 members (excludes halogenated alkanes) is 6. The van der Waals surface area contributed by atoms with Crippen molar-refractivity contribution in [1.29, 1.82) is 0 Å². The molecule has 0 spiro atoms. The van der Waals surface area contributed by atoms with Crippen LogP contribution in [0.2, 0.25) is 0 Å². The number of hydrogen-bond acceptors (Lipinski definition) is 8. The molecule has 0 bridgehead atoms. The minimum Gasteiger partial charge on any atom is -0.507 e. The molecule has 0 aliphatic heterocycles. The maximum Gasteiger partial charge on any atom is 0.204 e. The highest BCUT2D eigenvalue weighted by molar-refractivity contribution is 5.98. The molecule has 314 valence electrons. The lowest BCUT2D eigenvalue weighted by Crippen LogP contribution is -2.27. The summed E-state index contributed by atoms with van der Waals surface area (Å²) in [6.07, 6.45) is 18.6. The second-order valence-electron chi connectivity index (χ2n) is 15.9. The Balaban J connectivity index is 1.99. The molecule has 0 radical (unpaired) electrons. The number of phenolic OH excluding ortho intramolecular Hbond substituents is 1. The molecule has 8 nitrogen and oxygen atoms in total. The molecule has 0 atom stereocenters. The van der Waals surface area contributed by atoms with Crippen molar-refractivity contribution in [2.24, 2.45) is 0 Å². The number of aromatic hydroxyl groups is 1. The zero-order valence-electron chi connectivity index (χ0n) is 36.7. The van der Waals surface area contributed by atoms with Gasteiger partial charge in [0.15, 0.2) is 11.5 Å². The molecule has 3 aromatic rings. The summed E-state index contributed by atoms with van der Waals surface area (Å²) >= 11 is 0. The van der Waals surface area contributed by atoms with Crippen LogP contribution in [0, 0.1) is 0 Å². The first-order chi connectivity index (χ1) is 27.1. The van der Waals surface area contributed by atoms with E-state index in [0.717, 1.165) is 76.1 Å². The predicted molar refractivity (Wildman–Crippen MR) is 236 cm³/mol. The topological polar surface area (TPSA) is 84.6 Å². The van der Waals surface area contributed by atoms with Gasteiger partial charge in [-0.2, -0.15) is 0 Å². The fraction of sp³-hybridized carbons (Fsp3) is 0.646. The van der Waals surface area contributed by atoms with Crippen LogP contribution in [0.25, 0.3) is 21.9 Å². The SMILES string of the molecule is CCCCN(CCCC)CCCCOc1cc2oc3cc(OCCCCN(CCCC)CCCC)c(OC)c(CC=C(C)C)c3c(=O)c2c(O)c1CC=C(C)C. The molecule has 8 heteroatoms. The summed E-state index contributed by atoms with van der Waals surface area (Å²) in [7, 11) is 1.62. The maximum absolute atomic E-state index is 14.6. The summed E-state index contributed by atoms with van der Waals surface area (Å²) in [5, 5.41) is 12.4. The van der Waals surface area contributed by atoms with Crippen LogP contribution in [-0.4, -0.2) is 74.5 Å². The summed E-state index contributed by atoms with van der Waals surface area (Å²) in [6, 6.07) is 3.58. The van der Waals surface area contributed by atoms with Crippen molar-refractivity contribution < 1.29 is 23.7 Å². The van der Waals surface area contributed by atoms with E-state index in [-0.39, 0.29) is 16.6 Å². The van der Waals surface area contributed by atoms with E-state index in [1.807, 2.05) is 27.7 Å². The van der Waals surface area contributed by atoms with Crippen LogP contribution in [0.15, 0.2) is 44.6 Å². The normalized spacial score (nSPS) is 11.6. The molecule has 56 heavy (non-hydrogen) atoms. The molecule has 0 saturated heterocycles. The van der Waals surface area contributed by atoms with Crippen molar-refractivity contribution in [2.45, 2.75) is 145 Å². The average Bonchev–Trinajstić information content (AvgIpc) is 3.17. The van der Waals surface area contributed by atoms with Crippen molar-refractivity contribution in [1.82, 2.24) is 9.80 Å². The lowest BCUT2D eigenvalue weighted by atomic mass is 9.98. The van der Waals surface area contributed by atoms with Crippen LogP contribution in [0.5, 0.6) is 23.0 Å². The monoisotopic (exact) mass is 777 g/mol. The van der Waals surface area contributed by atoms with Crippen LogP contribution >= 0.6 is 0 Å². The number of methoxy groups -OCH3 is 1. The van der Waals surface area contributed by atoms with Crippen LogP contribution in [-0.2, 0) is 12.8 Å². The lowest BCUT2D eigenvalue weighted by molar-refractivity contribution is 0.240. The highest BCUT2D eigenvalue weighted by Crippen LogP contribution is 2.42. The minimum absolute atomic E-state index is 0.0877. The summed E-state index contributed by atoms with van der Waals surface area (Å²) in [4.78, 5) is 19.7. The third-order valence-electron chi connectivity index (χ3n) is 10.5. The second kappa shape index (κ2) is 25.7. The Kier molecular flexibility index (Phi) is 21.5. The van der Waals surface area contributed by atoms with E-state index in [4.69, 9.17) is 18.6 Å². The zero-order chi connectivity index (χ0) is 40.9. The standard InChI is InChI=1S/C48H76N2O6/c1-10-14-26-49(27-15-11-2)30-18-20-32-54-40-34-42-45(46(51)38(40)24-22-36(5)6)47(52)44-39(25-23-37(7)8)48(53-9)43(35-41(44)56-42)55-33-21-19-31-50(28-16-12-3)29-17-13-4/h22-23,34-35,51H,10-21,24-33H2,1-9H3. The molecule has 1 N–H and O–H groups in total. The molecule has 3 rings (SSSR count). The van der Waals surface area contributed by atoms with Crippen LogP contribution in [0.1, 0.15) is 144 Å². The maximum atomic E-state index is 14.6. The number of allylic oxidation sites excluding steroid dienone is 4. The largest absolute Gasteiger partial charge is 0.507 e. The van der Waals surface area contributed by atoms with Gasteiger partial charge in [-0.1, -0.05) is 76.7 Å². The first-order valence-corrected chi connectivity index (χ1v) is 21.9. The average molecular weight is 777 g/mol. The van der Waals surface area contributed by atoms with Crippen molar-refractivity contribution >= 4 is 21.9 Å². The fourth-order valence-electron chi connectivity index (χ4n) is 7.10. The van der Waals surface area contributed by atoms with E-state index >= 15 is 0 Å². The highest BCUT2D eigenvalue weighted by Gasteiger charge is 2.24. The van der Waals surface area contributed by atoms with E-state index < -0.39 is 0 Å². The highest BCUT2D eigenvalue weighted by atomic mass is 16.5. The second-order valence-corrected chi connectivity index (χ2v) is 15.9. The molecule has 2 aromatic carbocycles. The molecule has 0 aliphatic rings. The van der Waals surface area contributed by atoms with Gasteiger partial charge in [-0.25, -0.2) is 0 Å². The Hall–Kier alpha value is -3.49. The van der Waals surface area contributed by atoms with E-state index in [9.17, 15) is 9.90 Å². The third kappa shape index (κ3) is 14.5. The fourth-order valence-corrected chi connectivity index (χ4v) is 7.10. The van der Waals surface area contributed by atoms with E-state index in [1.165, 1.54) is 51.4 Å². The summed E-state index contributed by atoms with van der Waals surface area (Å²) in [5.74, 6) is 1.54. The lowest BCUT2D eigenvalue weighted by Gasteiger charge is -2.22. The number of fused-ring (bicyclic) bond motifs is 2. The predicted octanol–water partition coefficient (Wildman–Crippen LogP) is 11.8. The van der Waals surface area contributed by atoms with Crippen molar-refractivity contribution in [2.75, 3.05) is 59.6 Å². The Morgan fingerprint density at radius 3 is 1.52 bits per heavy atom. The Morgan fingerprint density at radius 1 is 0.625 bits per heavy atom. The van der Waals surface area contributed by atoms with Gasteiger partial charge in [0, 0.05) is 23.3 Å². The molecule has 1 aromatic heterocycles. The molecule has 1 heterocycles. The van der Waals surface area contributed by atoms with E-state index in [0.29, 0.717) is 71.0 Å². The Bertz CT molecular complexity index is 1720. The van der Waals surface area contributed by atoms with Gasteiger partial charge in [0.05, 0.1) is 25.7 Å². The first kappa shape index (κ1) is 46.9. The summed E-state index contributed by atoms with van der Waals surface area (Å²) in [6.45, 7) is 24.8. The van der Waals surface area contributed by atoms with Crippen molar-refractivity contribution in [3.8, 4) is 23.0 Å². The first-order valence-electron chi connectivity index (χ1n) is 21.9. The van der Waals surface area contributed by atoms with E-state index in [2.05, 4.69) is 49.6 Å². The number of hydrogen-bond donors (Lipinski definition) is 1. The zero-order valence-corrected chi connectivity index (χ0v) is 36.7. The number of ether oxygens (including phenoxy) is 3. The molecule has 0 unspecified atom stereocenters. The molecular formula is C48H76N2O6. The van der Waals surface area contributed by atoms with Crippen LogP contribution in [0.3, 0.4) is 0 Å². The van der Waals surface area contributed by atoms with Gasteiger partial charge < -0.3 is 33.5 Å². The number of rotatable bonds is 29. The third-order valence-corrected chi connectivity index (χ3v) is 10.5. The number of benzene rings is 2. The quantitative estimate of drug-likeness (QED) is 0.0424. The van der Waals surface area contributed by atoms with Gasteiger partial charge in [-0.15, -0.1) is 0 Å². The molecule has 0 saturated carbocycles. The number of phenols is 1. The van der Waals surface area contributed by atoms with Gasteiger partial charge in [-0.3, -0.25) is 4.79 Å². The summed E-state index contributed by atoms with van der Waals surface area (Å²) in [5.41, 5.74) is 3.94. The Morgan fingerprint density at radius 2 is 1.05 bits per heavy atom. The van der Waals surface area contributed by atoms with Gasteiger partial charge in [0.2, 0.25) is 5.43 Å². The van der Waals surface area contributed by atoms with Gasteiger partial charge in [0.25, 0.3) is 0 Å². The molecule has 0 aliphatic carbocycles. The minimum atomic E-state index is -0.288. The smallest absolute Gasteiger partial charge is 0.204 e.